The molecule has 0 fully saturated rings. The van der Waals surface area contributed by atoms with Crippen molar-refractivity contribution < 1.29 is 9.59 Å². The van der Waals surface area contributed by atoms with Gasteiger partial charge in [0.25, 0.3) is 11.8 Å². The molecule has 2 heterocycles. The Labute approximate surface area is 165 Å². The Hall–Kier alpha value is -1.70. The number of amides is 2. The molecule has 0 spiro atoms. The lowest BCUT2D eigenvalue weighted by Crippen LogP contribution is -2.55. The van der Waals surface area contributed by atoms with Crippen molar-refractivity contribution in [3.05, 3.63) is 50.3 Å². The molecule has 1 aromatic heterocycles. The van der Waals surface area contributed by atoms with E-state index in [4.69, 9.17) is 5.73 Å². The number of thiophene rings is 1. The maximum atomic E-state index is 12.6. The van der Waals surface area contributed by atoms with Gasteiger partial charge in [-0.3, -0.25) is 9.59 Å². The third kappa shape index (κ3) is 3.56. The highest BCUT2D eigenvalue weighted by atomic mass is 79.9. The molecule has 0 radical (unpaired) electrons. The summed E-state index contributed by atoms with van der Waals surface area (Å²) >= 11 is 4.79. The van der Waals surface area contributed by atoms with Gasteiger partial charge in [-0.05, 0) is 57.9 Å². The van der Waals surface area contributed by atoms with Gasteiger partial charge in [-0.15, -0.1) is 11.3 Å². The fourth-order valence-corrected chi connectivity index (χ4v) is 5.36. The van der Waals surface area contributed by atoms with E-state index in [1.165, 1.54) is 11.3 Å². The third-order valence-electron chi connectivity index (χ3n) is 4.40. The average molecular weight is 436 g/mol. The van der Waals surface area contributed by atoms with Crippen molar-refractivity contribution in [2.24, 2.45) is 5.73 Å². The van der Waals surface area contributed by atoms with Gasteiger partial charge in [0.2, 0.25) is 0 Å². The second-order valence-electron chi connectivity index (χ2n) is 7.75. The summed E-state index contributed by atoms with van der Waals surface area (Å²) in [4.78, 5) is 25.9. The van der Waals surface area contributed by atoms with Crippen molar-refractivity contribution in [1.82, 2.24) is 5.32 Å². The van der Waals surface area contributed by atoms with Gasteiger partial charge < -0.3 is 16.4 Å². The number of nitrogens with two attached hydrogens (primary N) is 1. The van der Waals surface area contributed by atoms with Crippen LogP contribution >= 0.6 is 27.3 Å². The predicted molar refractivity (Wildman–Crippen MR) is 109 cm³/mol. The first kappa shape index (κ1) is 19.1. The maximum Gasteiger partial charge on any atom is 0.256 e. The summed E-state index contributed by atoms with van der Waals surface area (Å²) in [6, 6.07) is 7.11. The Morgan fingerprint density at radius 2 is 1.96 bits per heavy atom. The van der Waals surface area contributed by atoms with Crippen molar-refractivity contribution in [2.45, 2.75) is 45.2 Å². The zero-order valence-corrected chi connectivity index (χ0v) is 17.6. The van der Waals surface area contributed by atoms with Gasteiger partial charge in [0.15, 0.2) is 0 Å². The SMILES string of the molecule is CC1(C)Cc2c(sc(NC(=O)c3cccc(Br)c3)c2C(N)=O)C(C)(C)N1. The molecule has 5 nitrogen and oxygen atoms in total. The molecule has 2 aromatic rings. The number of anilines is 1. The molecule has 1 aliphatic heterocycles. The van der Waals surface area contributed by atoms with Crippen LogP contribution in [0.5, 0.6) is 0 Å². The monoisotopic (exact) mass is 435 g/mol. The Bertz CT molecular complexity index is 902. The molecule has 1 aromatic carbocycles. The van der Waals surface area contributed by atoms with Crippen LogP contribution in [0.1, 0.15) is 58.9 Å². The van der Waals surface area contributed by atoms with Crippen molar-refractivity contribution in [3.8, 4) is 0 Å². The highest BCUT2D eigenvalue weighted by Crippen LogP contribution is 2.45. The second kappa shape index (κ2) is 6.48. The number of hydrogen-bond acceptors (Lipinski definition) is 4. The third-order valence-corrected chi connectivity index (χ3v) is 6.37. The summed E-state index contributed by atoms with van der Waals surface area (Å²) in [7, 11) is 0. The van der Waals surface area contributed by atoms with Crippen LogP contribution in [-0.2, 0) is 12.0 Å². The molecule has 0 unspecified atom stereocenters. The molecule has 0 atom stereocenters. The number of carbonyl (C=O) groups excluding carboxylic acids is 2. The zero-order chi connectivity index (χ0) is 19.3. The minimum absolute atomic E-state index is 0.173. The van der Waals surface area contributed by atoms with Crippen LogP contribution in [0.15, 0.2) is 28.7 Å². The van der Waals surface area contributed by atoms with Gasteiger partial charge in [-0.2, -0.15) is 0 Å². The number of fused-ring (bicyclic) bond motifs is 1. The second-order valence-corrected chi connectivity index (χ2v) is 9.69. The molecule has 138 valence electrons. The smallest absolute Gasteiger partial charge is 0.256 e. The highest BCUT2D eigenvalue weighted by molar-refractivity contribution is 9.10. The Morgan fingerprint density at radius 3 is 2.58 bits per heavy atom. The topological polar surface area (TPSA) is 84.2 Å². The van der Waals surface area contributed by atoms with Crippen LogP contribution in [0.3, 0.4) is 0 Å². The molecule has 2 amide bonds. The zero-order valence-electron chi connectivity index (χ0n) is 15.2. The van der Waals surface area contributed by atoms with E-state index >= 15 is 0 Å². The van der Waals surface area contributed by atoms with Crippen LogP contribution in [0, 0.1) is 0 Å². The lowest BCUT2D eigenvalue weighted by Gasteiger charge is -2.42. The summed E-state index contributed by atoms with van der Waals surface area (Å²) in [6.07, 6.45) is 0.674. The molecule has 26 heavy (non-hydrogen) atoms. The summed E-state index contributed by atoms with van der Waals surface area (Å²) in [5.41, 5.74) is 7.07. The van der Waals surface area contributed by atoms with E-state index in [9.17, 15) is 9.59 Å². The first-order chi connectivity index (χ1) is 12.0. The maximum absolute atomic E-state index is 12.6. The van der Waals surface area contributed by atoms with E-state index in [0.717, 1.165) is 14.9 Å². The minimum Gasteiger partial charge on any atom is -0.365 e. The van der Waals surface area contributed by atoms with E-state index in [2.05, 4.69) is 54.3 Å². The Morgan fingerprint density at radius 1 is 1.27 bits per heavy atom. The summed E-state index contributed by atoms with van der Waals surface area (Å²) < 4.78 is 0.817. The number of hydrogen-bond donors (Lipinski definition) is 3. The lowest BCUT2D eigenvalue weighted by molar-refractivity contribution is 0.0999. The molecule has 7 heteroatoms. The molecule has 3 rings (SSSR count). The Balaban J connectivity index is 2.05. The van der Waals surface area contributed by atoms with Crippen LogP contribution in [0.25, 0.3) is 0 Å². The van der Waals surface area contributed by atoms with E-state index < -0.39 is 5.91 Å². The number of nitrogens with one attached hydrogen (secondary N) is 2. The van der Waals surface area contributed by atoms with E-state index in [1.54, 1.807) is 18.2 Å². The van der Waals surface area contributed by atoms with Gasteiger partial charge in [0.05, 0.1) is 5.56 Å². The van der Waals surface area contributed by atoms with Crippen molar-refractivity contribution in [3.63, 3.8) is 0 Å². The number of benzene rings is 1. The van der Waals surface area contributed by atoms with Crippen LogP contribution in [0.2, 0.25) is 0 Å². The number of rotatable bonds is 3. The van der Waals surface area contributed by atoms with Crippen LogP contribution in [-0.4, -0.2) is 17.4 Å². The molecule has 0 saturated carbocycles. The Kier molecular flexibility index (Phi) is 4.75. The standard InChI is InChI=1S/C19H22BrN3O2S/c1-18(2)9-12-13(15(21)24)17(26-14(12)19(3,4)23-18)22-16(25)10-6-5-7-11(20)8-10/h5-8,23H,9H2,1-4H3,(H2,21,24)(H,22,25). The molecule has 0 saturated heterocycles. The van der Waals surface area contributed by atoms with Gasteiger partial charge in [0.1, 0.15) is 5.00 Å². The number of carbonyl (C=O) groups is 2. The fourth-order valence-electron chi connectivity index (χ4n) is 3.68. The lowest BCUT2D eigenvalue weighted by atomic mass is 9.81. The van der Waals surface area contributed by atoms with E-state index in [0.29, 0.717) is 22.5 Å². The average Bonchev–Trinajstić information content (AvgIpc) is 2.84. The molecule has 0 bridgehead atoms. The van der Waals surface area contributed by atoms with E-state index in [1.807, 2.05) is 6.07 Å². The van der Waals surface area contributed by atoms with E-state index in [-0.39, 0.29) is 17.0 Å². The molecular weight excluding hydrogens is 414 g/mol. The van der Waals surface area contributed by atoms with Crippen molar-refractivity contribution in [2.75, 3.05) is 5.32 Å². The summed E-state index contributed by atoms with van der Waals surface area (Å²) in [5.74, 6) is -0.780. The molecule has 0 aliphatic carbocycles. The first-order valence-electron chi connectivity index (χ1n) is 8.32. The highest BCUT2D eigenvalue weighted by Gasteiger charge is 2.41. The number of halogens is 1. The minimum atomic E-state index is -0.513. The first-order valence-corrected chi connectivity index (χ1v) is 9.93. The van der Waals surface area contributed by atoms with Gasteiger partial charge in [0, 0.05) is 26.0 Å². The van der Waals surface area contributed by atoms with Gasteiger partial charge in [-0.25, -0.2) is 0 Å². The fraction of sp³-hybridized carbons (Fsp3) is 0.368. The summed E-state index contributed by atoms with van der Waals surface area (Å²) in [6.45, 7) is 8.35. The molecular formula is C19H22BrN3O2S. The van der Waals surface area contributed by atoms with Crippen LogP contribution < -0.4 is 16.4 Å². The van der Waals surface area contributed by atoms with Crippen LogP contribution in [0.4, 0.5) is 5.00 Å². The normalized spacial score (nSPS) is 17.4. The quantitative estimate of drug-likeness (QED) is 0.680. The van der Waals surface area contributed by atoms with Crippen molar-refractivity contribution in [1.29, 1.82) is 0 Å². The van der Waals surface area contributed by atoms with Crippen molar-refractivity contribution >= 4 is 44.1 Å². The molecule has 4 N–H and O–H groups in total. The van der Waals surface area contributed by atoms with Gasteiger partial charge >= 0.3 is 0 Å². The molecule has 1 aliphatic rings. The van der Waals surface area contributed by atoms with Gasteiger partial charge in [-0.1, -0.05) is 22.0 Å². The number of primary amides is 1. The summed E-state index contributed by atoms with van der Waals surface area (Å²) in [5, 5.41) is 7.00. The largest absolute Gasteiger partial charge is 0.365 e. The predicted octanol–water partition coefficient (Wildman–Crippen LogP) is 4.02.